The molecule has 0 bridgehead atoms. The lowest BCUT2D eigenvalue weighted by Gasteiger charge is -2.21. The van der Waals surface area contributed by atoms with E-state index in [0.29, 0.717) is 18.0 Å². The molecule has 0 saturated carbocycles. The van der Waals surface area contributed by atoms with Crippen molar-refractivity contribution in [2.24, 2.45) is 0 Å². The monoisotopic (exact) mass is 358 g/mol. The van der Waals surface area contributed by atoms with Crippen LogP contribution in [0.3, 0.4) is 0 Å². The van der Waals surface area contributed by atoms with E-state index < -0.39 is 5.97 Å². The Balaban J connectivity index is 2.14. The fourth-order valence-corrected chi connectivity index (χ4v) is 2.62. The highest BCUT2D eigenvalue weighted by molar-refractivity contribution is 5.94. The summed E-state index contributed by atoms with van der Waals surface area (Å²) in [4.78, 5) is 30.2. The highest BCUT2D eigenvalue weighted by Crippen LogP contribution is 2.14. The van der Waals surface area contributed by atoms with E-state index in [1.807, 2.05) is 24.3 Å². The summed E-state index contributed by atoms with van der Waals surface area (Å²) in [5.74, 6) is -0.305. The first-order chi connectivity index (χ1) is 12.6. The van der Waals surface area contributed by atoms with Gasteiger partial charge in [-0.2, -0.15) is 0 Å². The normalized spacial score (nSPS) is 10.6. The van der Waals surface area contributed by atoms with Crippen molar-refractivity contribution >= 4 is 11.9 Å². The van der Waals surface area contributed by atoms with Crippen LogP contribution in [0.1, 0.15) is 65.4 Å². The van der Waals surface area contributed by atoms with E-state index in [4.69, 9.17) is 4.42 Å². The van der Waals surface area contributed by atoms with Crippen LogP contribution in [0, 0.1) is 0 Å². The van der Waals surface area contributed by atoms with Gasteiger partial charge >= 0.3 is 5.97 Å². The second kappa shape index (κ2) is 9.75. The maximum Gasteiger partial charge on any atom is 0.360 e. The summed E-state index contributed by atoms with van der Waals surface area (Å²) in [6.45, 7) is 5.02. The van der Waals surface area contributed by atoms with Crippen LogP contribution in [0.5, 0.6) is 0 Å². The third-order valence-electron chi connectivity index (χ3n) is 4.20. The Morgan fingerprint density at radius 3 is 2.50 bits per heavy atom. The number of oxazole rings is 1. The second-order valence-electron chi connectivity index (χ2n) is 6.10. The molecule has 0 fully saturated rings. The van der Waals surface area contributed by atoms with E-state index in [1.54, 1.807) is 4.90 Å². The molecule has 0 aliphatic rings. The largest absolute Gasteiger partial charge is 0.464 e. The molecule has 0 spiro atoms. The minimum Gasteiger partial charge on any atom is -0.464 e. The predicted octanol–water partition coefficient (Wildman–Crippen LogP) is 3.86. The number of rotatable bonds is 9. The Bertz CT molecular complexity index is 722. The molecule has 1 heterocycles. The molecule has 0 aliphatic heterocycles. The van der Waals surface area contributed by atoms with Crippen LogP contribution in [0.15, 0.2) is 34.9 Å². The molecule has 6 nitrogen and oxygen atoms in total. The summed E-state index contributed by atoms with van der Waals surface area (Å²) < 4.78 is 9.97. The number of benzene rings is 1. The van der Waals surface area contributed by atoms with Crippen LogP contribution in [0.25, 0.3) is 0 Å². The molecule has 1 amide bonds. The molecule has 2 aromatic rings. The van der Waals surface area contributed by atoms with Gasteiger partial charge < -0.3 is 14.1 Å². The number of hydrogen-bond donors (Lipinski definition) is 0. The van der Waals surface area contributed by atoms with E-state index in [1.165, 1.54) is 18.9 Å². The number of methoxy groups -OCH3 is 1. The molecule has 0 saturated heterocycles. The van der Waals surface area contributed by atoms with Crippen LogP contribution >= 0.6 is 0 Å². The van der Waals surface area contributed by atoms with Gasteiger partial charge in [-0.15, -0.1) is 0 Å². The maximum absolute atomic E-state index is 12.9. The van der Waals surface area contributed by atoms with E-state index in [9.17, 15) is 9.59 Å². The van der Waals surface area contributed by atoms with Crippen LogP contribution in [0.4, 0.5) is 0 Å². The van der Waals surface area contributed by atoms with Gasteiger partial charge in [0.1, 0.15) is 6.26 Å². The third kappa shape index (κ3) is 5.18. The second-order valence-corrected chi connectivity index (χ2v) is 6.10. The van der Waals surface area contributed by atoms with Gasteiger partial charge in [0.2, 0.25) is 5.89 Å². The number of aryl methyl sites for hydroxylation is 1. The summed E-state index contributed by atoms with van der Waals surface area (Å²) in [6, 6.07) is 7.64. The van der Waals surface area contributed by atoms with E-state index in [2.05, 4.69) is 23.6 Å². The van der Waals surface area contributed by atoms with Gasteiger partial charge in [0, 0.05) is 12.1 Å². The van der Waals surface area contributed by atoms with Gasteiger partial charge in [0.15, 0.2) is 5.69 Å². The van der Waals surface area contributed by atoms with Crippen LogP contribution in [-0.4, -0.2) is 35.4 Å². The van der Waals surface area contributed by atoms with Crippen molar-refractivity contribution in [1.82, 2.24) is 9.88 Å². The molecular formula is C20H26N2O4. The number of aromatic nitrogens is 1. The van der Waals surface area contributed by atoms with E-state index in [-0.39, 0.29) is 18.1 Å². The van der Waals surface area contributed by atoms with Crippen LogP contribution < -0.4 is 0 Å². The van der Waals surface area contributed by atoms with Crippen molar-refractivity contribution in [2.45, 2.75) is 46.1 Å². The zero-order valence-electron chi connectivity index (χ0n) is 15.7. The van der Waals surface area contributed by atoms with E-state index >= 15 is 0 Å². The van der Waals surface area contributed by atoms with Crippen molar-refractivity contribution in [3.8, 4) is 0 Å². The Morgan fingerprint density at radius 2 is 1.88 bits per heavy atom. The first-order valence-electron chi connectivity index (χ1n) is 9.00. The van der Waals surface area contributed by atoms with Crippen molar-refractivity contribution in [1.29, 1.82) is 0 Å². The first-order valence-corrected chi connectivity index (χ1v) is 9.00. The fraction of sp³-hybridized carbons (Fsp3) is 0.450. The Labute approximate surface area is 154 Å². The molecule has 0 radical (unpaired) electrons. The summed E-state index contributed by atoms with van der Waals surface area (Å²) in [5.41, 5.74) is 1.93. The fourth-order valence-electron chi connectivity index (χ4n) is 2.62. The minimum atomic E-state index is -0.556. The number of nitrogens with zero attached hydrogens (tertiary/aromatic N) is 2. The molecule has 26 heavy (non-hydrogen) atoms. The average molecular weight is 358 g/mol. The number of esters is 1. The van der Waals surface area contributed by atoms with E-state index in [0.717, 1.165) is 25.7 Å². The quantitative estimate of drug-likeness (QED) is 0.503. The molecule has 0 unspecified atom stereocenters. The van der Waals surface area contributed by atoms with Gasteiger partial charge in [-0.1, -0.05) is 38.8 Å². The molecule has 0 aliphatic carbocycles. The molecule has 2 rings (SSSR count). The Hall–Kier alpha value is -2.63. The molecule has 1 aromatic heterocycles. The lowest BCUT2D eigenvalue weighted by molar-refractivity contribution is 0.0594. The number of unbranched alkanes of at least 4 members (excludes halogenated alkanes) is 2. The summed E-state index contributed by atoms with van der Waals surface area (Å²) in [6.07, 6.45) is 5.20. The smallest absolute Gasteiger partial charge is 0.360 e. The lowest BCUT2D eigenvalue weighted by atomic mass is 10.1. The molecule has 1 aromatic carbocycles. The van der Waals surface area contributed by atoms with Gasteiger partial charge in [-0.3, -0.25) is 4.79 Å². The predicted molar refractivity (Wildman–Crippen MR) is 97.9 cm³/mol. The zero-order valence-corrected chi connectivity index (χ0v) is 15.7. The Kier molecular flexibility index (Phi) is 7.38. The van der Waals surface area contributed by atoms with Crippen LogP contribution in [0.2, 0.25) is 0 Å². The lowest BCUT2D eigenvalue weighted by Crippen LogP contribution is -2.31. The molecule has 140 valence electrons. The summed E-state index contributed by atoms with van der Waals surface area (Å²) in [5, 5.41) is 0. The van der Waals surface area contributed by atoms with Crippen molar-refractivity contribution in [2.75, 3.05) is 13.7 Å². The van der Waals surface area contributed by atoms with Crippen molar-refractivity contribution in [3.05, 3.63) is 53.2 Å². The maximum atomic E-state index is 12.9. The third-order valence-corrected chi connectivity index (χ3v) is 4.20. The average Bonchev–Trinajstić information content (AvgIpc) is 3.15. The van der Waals surface area contributed by atoms with Gasteiger partial charge in [-0.25, -0.2) is 9.78 Å². The highest BCUT2D eigenvalue weighted by atomic mass is 16.5. The zero-order chi connectivity index (χ0) is 18.9. The number of carbonyl (C=O) groups is 2. The number of amides is 1. The van der Waals surface area contributed by atoms with Crippen molar-refractivity contribution in [3.63, 3.8) is 0 Å². The van der Waals surface area contributed by atoms with Gasteiger partial charge in [0.25, 0.3) is 5.91 Å². The molecular weight excluding hydrogens is 332 g/mol. The standard InChI is InChI=1S/C20H26N2O4/c1-4-6-7-12-22(13-18-21-17(14-26-18)20(24)25-3)19(23)16-10-8-15(5-2)9-11-16/h8-11,14H,4-7,12-13H2,1-3H3. The van der Waals surface area contributed by atoms with Crippen LogP contribution in [-0.2, 0) is 17.7 Å². The number of ether oxygens (including phenoxy) is 1. The van der Waals surface area contributed by atoms with Crippen molar-refractivity contribution < 1.29 is 18.7 Å². The molecule has 0 atom stereocenters. The number of carbonyl (C=O) groups excluding carboxylic acids is 2. The SMILES string of the molecule is CCCCCN(Cc1nc(C(=O)OC)co1)C(=O)c1ccc(CC)cc1. The van der Waals surface area contributed by atoms with Gasteiger partial charge in [0.05, 0.1) is 13.7 Å². The number of hydrogen-bond acceptors (Lipinski definition) is 5. The molecule has 6 heteroatoms. The molecule has 0 N–H and O–H groups in total. The van der Waals surface area contributed by atoms with Gasteiger partial charge in [-0.05, 0) is 30.5 Å². The topological polar surface area (TPSA) is 72.6 Å². The Morgan fingerprint density at radius 1 is 1.15 bits per heavy atom. The summed E-state index contributed by atoms with van der Waals surface area (Å²) >= 11 is 0. The first kappa shape index (κ1) is 19.7. The minimum absolute atomic E-state index is 0.0680. The highest BCUT2D eigenvalue weighted by Gasteiger charge is 2.20. The summed E-state index contributed by atoms with van der Waals surface area (Å²) in [7, 11) is 1.29.